The maximum Gasteiger partial charge on any atom is 0.371 e. The van der Waals surface area contributed by atoms with Gasteiger partial charge in [0, 0.05) is 11.5 Å². The van der Waals surface area contributed by atoms with E-state index in [9.17, 15) is 4.79 Å². The fourth-order valence-electron chi connectivity index (χ4n) is 1.33. The topological polar surface area (TPSA) is 59.7 Å². The summed E-state index contributed by atoms with van der Waals surface area (Å²) in [6.45, 7) is 0. The zero-order valence-electron chi connectivity index (χ0n) is 7.78. The van der Waals surface area contributed by atoms with Crippen LogP contribution in [-0.4, -0.2) is 18.2 Å². The molecule has 0 amide bonds. The maximum atomic E-state index is 10.7. The Kier molecular flexibility index (Phi) is 2.28. The Morgan fingerprint density at radius 2 is 2.27 bits per heavy atom. The van der Waals surface area contributed by atoms with Crippen LogP contribution < -0.4 is 4.74 Å². The predicted molar refractivity (Wildman–Crippen MR) is 54.7 cm³/mol. The number of carboxylic acid groups (broad SMARTS) is 1. The van der Waals surface area contributed by atoms with Crippen molar-refractivity contribution in [3.05, 3.63) is 29.0 Å². The summed E-state index contributed by atoms with van der Waals surface area (Å²) < 4.78 is 10.2. The molecule has 0 aliphatic heterocycles. The first-order chi connectivity index (χ1) is 7.13. The second-order valence-corrected chi connectivity index (χ2v) is 3.32. The Hall–Kier alpha value is -1.68. The van der Waals surface area contributed by atoms with E-state index in [-0.39, 0.29) is 5.76 Å². The third kappa shape index (κ3) is 1.53. The molecule has 1 N–H and O–H groups in total. The fraction of sp³-hybridized carbons (Fsp3) is 0.100. The molecule has 1 heterocycles. The molecule has 2 aromatic rings. The lowest BCUT2D eigenvalue weighted by Gasteiger charge is -2.00. The van der Waals surface area contributed by atoms with Crippen molar-refractivity contribution in [2.45, 2.75) is 0 Å². The molecule has 2 rings (SSSR count). The van der Waals surface area contributed by atoms with Crippen molar-refractivity contribution in [2.24, 2.45) is 0 Å². The van der Waals surface area contributed by atoms with E-state index < -0.39 is 5.97 Å². The van der Waals surface area contributed by atoms with Crippen LogP contribution in [0.1, 0.15) is 10.6 Å². The smallest absolute Gasteiger partial charge is 0.371 e. The number of fused-ring (bicyclic) bond motifs is 1. The molecule has 0 atom stereocenters. The molecule has 0 saturated carbocycles. The number of aromatic carboxylic acids is 1. The summed E-state index contributed by atoms with van der Waals surface area (Å²) in [6, 6.07) is 4.63. The van der Waals surface area contributed by atoms with Gasteiger partial charge in [-0.2, -0.15) is 0 Å². The number of hydrogen-bond acceptors (Lipinski definition) is 3. The van der Waals surface area contributed by atoms with Crippen molar-refractivity contribution in [2.75, 3.05) is 7.11 Å². The minimum atomic E-state index is -1.13. The van der Waals surface area contributed by atoms with Crippen LogP contribution in [0.2, 0.25) is 5.02 Å². The van der Waals surface area contributed by atoms with Gasteiger partial charge in [0.15, 0.2) is 11.3 Å². The molecule has 5 heteroatoms. The van der Waals surface area contributed by atoms with Crippen molar-refractivity contribution in [1.29, 1.82) is 0 Å². The Morgan fingerprint density at radius 3 is 2.87 bits per heavy atom. The van der Waals surface area contributed by atoms with Gasteiger partial charge in [-0.3, -0.25) is 0 Å². The van der Waals surface area contributed by atoms with Gasteiger partial charge in [-0.1, -0.05) is 11.6 Å². The lowest BCUT2D eigenvalue weighted by Crippen LogP contribution is -1.91. The highest BCUT2D eigenvalue weighted by molar-refractivity contribution is 6.35. The standard InChI is InChI=1S/C10H7ClO4/c1-14-7-3-2-6(11)5-4-8(10(12)13)15-9(5)7/h2-4H,1H3,(H,12,13). The Balaban J connectivity index is 2.77. The number of carbonyl (C=O) groups is 1. The predicted octanol–water partition coefficient (Wildman–Crippen LogP) is 2.79. The summed E-state index contributed by atoms with van der Waals surface area (Å²) in [5.41, 5.74) is 0.349. The third-order valence-electron chi connectivity index (χ3n) is 2.02. The minimum Gasteiger partial charge on any atom is -0.493 e. The molecule has 1 aromatic carbocycles. The summed E-state index contributed by atoms with van der Waals surface area (Å²) in [5, 5.41) is 9.73. The van der Waals surface area contributed by atoms with Crippen LogP contribution in [-0.2, 0) is 0 Å². The van der Waals surface area contributed by atoms with Crippen LogP contribution in [0, 0.1) is 0 Å². The van der Waals surface area contributed by atoms with Gasteiger partial charge in [0.1, 0.15) is 0 Å². The zero-order valence-corrected chi connectivity index (χ0v) is 8.54. The highest BCUT2D eigenvalue weighted by atomic mass is 35.5. The van der Waals surface area contributed by atoms with Gasteiger partial charge in [0.25, 0.3) is 0 Å². The highest BCUT2D eigenvalue weighted by Gasteiger charge is 2.15. The van der Waals surface area contributed by atoms with E-state index in [0.717, 1.165) is 0 Å². The number of benzene rings is 1. The van der Waals surface area contributed by atoms with E-state index in [1.165, 1.54) is 13.2 Å². The normalized spacial score (nSPS) is 10.5. The molecule has 0 radical (unpaired) electrons. The second-order valence-electron chi connectivity index (χ2n) is 2.91. The first-order valence-corrected chi connectivity index (χ1v) is 4.50. The Morgan fingerprint density at radius 1 is 1.53 bits per heavy atom. The van der Waals surface area contributed by atoms with Crippen LogP contribution in [0.4, 0.5) is 0 Å². The van der Waals surface area contributed by atoms with Gasteiger partial charge in [-0.15, -0.1) is 0 Å². The molecule has 0 aliphatic carbocycles. The molecule has 0 aliphatic rings. The molecule has 1 aromatic heterocycles. The summed E-state index contributed by atoms with van der Waals surface area (Å²) >= 11 is 5.90. The van der Waals surface area contributed by atoms with E-state index >= 15 is 0 Å². The van der Waals surface area contributed by atoms with Crippen molar-refractivity contribution < 1.29 is 19.1 Å². The summed E-state index contributed by atoms with van der Waals surface area (Å²) in [7, 11) is 1.48. The first-order valence-electron chi connectivity index (χ1n) is 4.13. The van der Waals surface area contributed by atoms with Gasteiger partial charge in [0.2, 0.25) is 5.76 Å². The number of hydrogen-bond donors (Lipinski definition) is 1. The first kappa shape index (κ1) is 9.86. The van der Waals surface area contributed by atoms with Crippen molar-refractivity contribution >= 4 is 28.5 Å². The molecule has 0 bridgehead atoms. The van der Waals surface area contributed by atoms with Gasteiger partial charge in [0.05, 0.1) is 12.1 Å². The van der Waals surface area contributed by atoms with E-state index in [1.54, 1.807) is 12.1 Å². The molecule has 78 valence electrons. The van der Waals surface area contributed by atoms with Crippen LogP contribution in [0.3, 0.4) is 0 Å². The number of furan rings is 1. The Labute approximate surface area is 90.0 Å². The average Bonchev–Trinajstić information content (AvgIpc) is 2.64. The third-order valence-corrected chi connectivity index (χ3v) is 2.35. The van der Waals surface area contributed by atoms with Gasteiger partial charge >= 0.3 is 5.97 Å². The number of halogens is 1. The van der Waals surface area contributed by atoms with Crippen LogP contribution in [0.15, 0.2) is 22.6 Å². The van der Waals surface area contributed by atoms with E-state index in [0.29, 0.717) is 21.7 Å². The second kappa shape index (κ2) is 3.47. The molecule has 0 spiro atoms. The summed E-state index contributed by atoms with van der Waals surface area (Å²) in [6.07, 6.45) is 0. The monoisotopic (exact) mass is 226 g/mol. The lowest BCUT2D eigenvalue weighted by molar-refractivity contribution is 0.0665. The van der Waals surface area contributed by atoms with E-state index in [4.69, 9.17) is 25.9 Å². The largest absolute Gasteiger partial charge is 0.493 e. The molecular formula is C10H7ClO4. The summed E-state index contributed by atoms with van der Waals surface area (Å²) in [4.78, 5) is 10.7. The average molecular weight is 227 g/mol. The molecule has 0 saturated heterocycles. The quantitative estimate of drug-likeness (QED) is 0.855. The van der Waals surface area contributed by atoms with Gasteiger partial charge in [-0.25, -0.2) is 4.79 Å². The molecular weight excluding hydrogens is 220 g/mol. The van der Waals surface area contributed by atoms with Gasteiger partial charge < -0.3 is 14.3 Å². The zero-order chi connectivity index (χ0) is 11.0. The number of rotatable bonds is 2. The lowest BCUT2D eigenvalue weighted by atomic mass is 10.2. The Bertz CT molecular complexity index is 529. The maximum absolute atomic E-state index is 10.7. The summed E-state index contributed by atoms with van der Waals surface area (Å²) in [5.74, 6) is -0.831. The van der Waals surface area contributed by atoms with E-state index in [1.807, 2.05) is 0 Å². The van der Waals surface area contributed by atoms with Crippen LogP contribution >= 0.6 is 11.6 Å². The van der Waals surface area contributed by atoms with Crippen LogP contribution in [0.25, 0.3) is 11.0 Å². The van der Waals surface area contributed by atoms with Crippen LogP contribution in [0.5, 0.6) is 5.75 Å². The number of methoxy groups -OCH3 is 1. The minimum absolute atomic E-state index is 0.156. The highest BCUT2D eigenvalue weighted by Crippen LogP contribution is 2.33. The number of ether oxygens (including phenoxy) is 1. The van der Waals surface area contributed by atoms with E-state index in [2.05, 4.69) is 0 Å². The van der Waals surface area contributed by atoms with Crippen molar-refractivity contribution in [3.8, 4) is 5.75 Å². The number of carboxylic acids is 1. The fourth-order valence-corrected chi connectivity index (χ4v) is 1.54. The van der Waals surface area contributed by atoms with Crippen molar-refractivity contribution in [1.82, 2.24) is 0 Å². The molecule has 0 unspecified atom stereocenters. The molecule has 0 fully saturated rings. The van der Waals surface area contributed by atoms with Gasteiger partial charge in [-0.05, 0) is 12.1 Å². The molecule has 15 heavy (non-hydrogen) atoms. The SMILES string of the molecule is COc1ccc(Cl)c2cc(C(=O)O)oc12. The van der Waals surface area contributed by atoms with Crippen molar-refractivity contribution in [3.63, 3.8) is 0 Å². The molecule has 4 nitrogen and oxygen atoms in total.